The topological polar surface area (TPSA) is 67.5 Å². The standard InChI is InChI=1S/C18H19F3N6/c1-4-10(2)24-14-6-5-13(25-18(14)23-8-16(20)21)17-12(19)9-27-15(17)7-22-11(3)26-27/h5-7,9,16H,4,8H2,1-3H3,(H,23,25). The van der Waals surface area contributed by atoms with E-state index in [0.29, 0.717) is 23.4 Å². The molecule has 0 aliphatic rings. The zero-order valence-electron chi connectivity index (χ0n) is 15.2. The van der Waals surface area contributed by atoms with Gasteiger partial charge in [0.25, 0.3) is 6.43 Å². The number of alkyl halides is 2. The number of rotatable bonds is 6. The highest BCUT2D eigenvalue weighted by Gasteiger charge is 2.17. The van der Waals surface area contributed by atoms with Crippen molar-refractivity contribution in [2.45, 2.75) is 33.6 Å². The SMILES string of the molecule is CCC(C)=Nc1ccc(-c2c(F)cn3nc(C)ncc23)nc1NCC(F)F. The molecule has 0 fully saturated rings. The number of anilines is 1. The molecule has 9 heteroatoms. The average molecular weight is 376 g/mol. The van der Waals surface area contributed by atoms with Gasteiger partial charge in [0.15, 0.2) is 11.6 Å². The number of nitrogens with one attached hydrogen (secondary N) is 1. The van der Waals surface area contributed by atoms with Crippen LogP contribution in [0.2, 0.25) is 0 Å². The first-order chi connectivity index (χ1) is 12.9. The van der Waals surface area contributed by atoms with Crippen molar-refractivity contribution < 1.29 is 13.2 Å². The summed E-state index contributed by atoms with van der Waals surface area (Å²) < 4.78 is 41.2. The maximum absolute atomic E-state index is 14.5. The molecule has 1 N–H and O–H groups in total. The van der Waals surface area contributed by atoms with Gasteiger partial charge in [0.2, 0.25) is 0 Å². The Bertz CT molecular complexity index is 996. The van der Waals surface area contributed by atoms with Gasteiger partial charge >= 0.3 is 0 Å². The molecule has 142 valence electrons. The van der Waals surface area contributed by atoms with Crippen molar-refractivity contribution in [1.82, 2.24) is 19.6 Å². The molecule has 0 aromatic carbocycles. The molecule has 0 bridgehead atoms. The quantitative estimate of drug-likeness (QED) is 0.647. The number of nitrogens with zero attached hydrogens (tertiary/aromatic N) is 5. The highest BCUT2D eigenvalue weighted by Crippen LogP contribution is 2.32. The second kappa shape index (κ2) is 7.73. The van der Waals surface area contributed by atoms with Crippen molar-refractivity contribution in [2.75, 3.05) is 11.9 Å². The number of hydrogen-bond donors (Lipinski definition) is 1. The summed E-state index contributed by atoms with van der Waals surface area (Å²) in [4.78, 5) is 12.8. The minimum Gasteiger partial charge on any atom is -0.363 e. The van der Waals surface area contributed by atoms with Gasteiger partial charge in [-0.15, -0.1) is 0 Å². The summed E-state index contributed by atoms with van der Waals surface area (Å²) in [7, 11) is 0. The molecule has 0 atom stereocenters. The summed E-state index contributed by atoms with van der Waals surface area (Å²) in [5.41, 5.74) is 2.18. The van der Waals surface area contributed by atoms with E-state index in [2.05, 4.69) is 25.4 Å². The molecule has 3 aromatic rings. The van der Waals surface area contributed by atoms with E-state index in [0.717, 1.165) is 5.71 Å². The molecule has 0 saturated carbocycles. The van der Waals surface area contributed by atoms with E-state index in [1.54, 1.807) is 19.1 Å². The first-order valence-electron chi connectivity index (χ1n) is 8.47. The van der Waals surface area contributed by atoms with Crippen LogP contribution >= 0.6 is 0 Å². The summed E-state index contributed by atoms with van der Waals surface area (Å²) in [5.74, 6) is 0.145. The average Bonchev–Trinajstić information content (AvgIpc) is 2.95. The van der Waals surface area contributed by atoms with E-state index in [9.17, 15) is 13.2 Å². The van der Waals surface area contributed by atoms with Crippen molar-refractivity contribution >= 4 is 22.7 Å². The Balaban J connectivity index is 2.11. The summed E-state index contributed by atoms with van der Waals surface area (Å²) in [5, 5.41) is 6.73. The normalized spacial score (nSPS) is 12.2. The number of hydrogen-bond acceptors (Lipinski definition) is 5. The zero-order valence-corrected chi connectivity index (χ0v) is 15.2. The summed E-state index contributed by atoms with van der Waals surface area (Å²) in [6.45, 7) is 4.90. The van der Waals surface area contributed by atoms with E-state index in [1.165, 1.54) is 16.9 Å². The molecule has 0 spiro atoms. The summed E-state index contributed by atoms with van der Waals surface area (Å²) >= 11 is 0. The maximum Gasteiger partial charge on any atom is 0.255 e. The molecule has 0 saturated heterocycles. The van der Waals surface area contributed by atoms with Gasteiger partial charge in [0, 0.05) is 5.71 Å². The molecule has 0 unspecified atom stereocenters. The van der Waals surface area contributed by atoms with Gasteiger partial charge in [-0.25, -0.2) is 27.7 Å². The number of aliphatic imine (C=N–C) groups is 1. The molecule has 3 aromatic heterocycles. The predicted octanol–water partition coefficient (Wildman–Crippen LogP) is 4.42. The fourth-order valence-electron chi connectivity index (χ4n) is 2.54. The van der Waals surface area contributed by atoms with Crippen LogP contribution in [0.4, 0.5) is 24.7 Å². The van der Waals surface area contributed by atoms with Crippen LogP contribution in [0.1, 0.15) is 26.1 Å². The van der Waals surface area contributed by atoms with Crippen LogP contribution in [-0.4, -0.2) is 38.3 Å². The van der Waals surface area contributed by atoms with Gasteiger partial charge in [-0.3, -0.25) is 4.99 Å². The van der Waals surface area contributed by atoms with Crippen LogP contribution in [0.3, 0.4) is 0 Å². The van der Waals surface area contributed by atoms with E-state index >= 15 is 0 Å². The molecule has 3 heterocycles. The largest absolute Gasteiger partial charge is 0.363 e. The number of fused-ring (bicyclic) bond motifs is 1. The Morgan fingerprint density at radius 3 is 2.81 bits per heavy atom. The fourth-order valence-corrected chi connectivity index (χ4v) is 2.54. The van der Waals surface area contributed by atoms with Gasteiger partial charge in [0.1, 0.15) is 11.5 Å². The maximum atomic E-state index is 14.5. The van der Waals surface area contributed by atoms with E-state index in [1.807, 2.05) is 13.8 Å². The Hall–Kier alpha value is -2.97. The van der Waals surface area contributed by atoms with Gasteiger partial charge in [-0.2, -0.15) is 5.10 Å². The Morgan fingerprint density at radius 1 is 1.33 bits per heavy atom. The first-order valence-corrected chi connectivity index (χ1v) is 8.47. The summed E-state index contributed by atoms with van der Waals surface area (Å²) in [6.07, 6.45) is 0.900. The second-order valence-electron chi connectivity index (χ2n) is 6.02. The van der Waals surface area contributed by atoms with Crippen LogP contribution in [0.15, 0.2) is 29.5 Å². The molecular weight excluding hydrogens is 357 g/mol. The van der Waals surface area contributed by atoms with Gasteiger partial charge in [0.05, 0.1) is 35.7 Å². The number of aryl methyl sites for hydroxylation is 1. The first kappa shape index (κ1) is 18.8. The molecular formula is C18H19F3N6. The van der Waals surface area contributed by atoms with E-state index < -0.39 is 18.8 Å². The lowest BCUT2D eigenvalue weighted by Gasteiger charge is -2.11. The minimum atomic E-state index is -2.55. The Labute approximate surface area is 154 Å². The lowest BCUT2D eigenvalue weighted by atomic mass is 10.1. The van der Waals surface area contributed by atoms with Crippen LogP contribution in [0.5, 0.6) is 0 Å². The molecule has 0 aliphatic heterocycles. The number of halogens is 3. The van der Waals surface area contributed by atoms with Crippen LogP contribution in [-0.2, 0) is 0 Å². The van der Waals surface area contributed by atoms with Crippen molar-refractivity contribution in [3.63, 3.8) is 0 Å². The van der Waals surface area contributed by atoms with Crippen LogP contribution in [0, 0.1) is 12.7 Å². The highest BCUT2D eigenvalue weighted by atomic mass is 19.3. The van der Waals surface area contributed by atoms with Gasteiger partial charge in [-0.05, 0) is 32.4 Å². The third kappa shape index (κ3) is 4.07. The third-order valence-corrected chi connectivity index (χ3v) is 3.98. The molecule has 0 aliphatic carbocycles. The highest BCUT2D eigenvalue weighted by molar-refractivity contribution is 5.87. The Kier molecular flexibility index (Phi) is 5.38. The third-order valence-electron chi connectivity index (χ3n) is 3.98. The van der Waals surface area contributed by atoms with Crippen molar-refractivity contribution in [3.8, 4) is 11.3 Å². The molecule has 0 radical (unpaired) electrons. The molecule has 27 heavy (non-hydrogen) atoms. The minimum absolute atomic E-state index is 0.174. The summed E-state index contributed by atoms with van der Waals surface area (Å²) in [6, 6.07) is 3.24. The predicted molar refractivity (Wildman–Crippen MR) is 98.5 cm³/mol. The Morgan fingerprint density at radius 2 is 2.11 bits per heavy atom. The fraction of sp³-hybridized carbons (Fsp3) is 0.333. The molecule has 3 rings (SSSR count). The van der Waals surface area contributed by atoms with E-state index in [4.69, 9.17) is 0 Å². The van der Waals surface area contributed by atoms with Gasteiger partial charge < -0.3 is 5.32 Å². The smallest absolute Gasteiger partial charge is 0.255 e. The number of pyridine rings is 1. The lowest BCUT2D eigenvalue weighted by Crippen LogP contribution is -2.11. The van der Waals surface area contributed by atoms with Crippen LogP contribution in [0.25, 0.3) is 16.8 Å². The van der Waals surface area contributed by atoms with Crippen LogP contribution < -0.4 is 5.32 Å². The monoisotopic (exact) mass is 376 g/mol. The molecule has 6 nitrogen and oxygen atoms in total. The number of aromatic nitrogens is 4. The van der Waals surface area contributed by atoms with E-state index in [-0.39, 0.29) is 17.1 Å². The second-order valence-corrected chi connectivity index (χ2v) is 6.02. The van der Waals surface area contributed by atoms with Crippen molar-refractivity contribution in [1.29, 1.82) is 0 Å². The van der Waals surface area contributed by atoms with Gasteiger partial charge in [-0.1, -0.05) is 6.92 Å². The van der Waals surface area contributed by atoms with Crippen molar-refractivity contribution in [3.05, 3.63) is 36.2 Å². The zero-order chi connectivity index (χ0) is 19.6. The van der Waals surface area contributed by atoms with Crippen molar-refractivity contribution in [2.24, 2.45) is 4.99 Å². The lowest BCUT2D eigenvalue weighted by molar-refractivity contribution is 0.163. The molecule has 0 amide bonds.